The standard InChI is InChI=1S/C31H25ClN2O5/c1-2-17-38-28-16-9-21-5-3-4-6-25(21)26(28)18-27-29(35)33-31(37)34(30(27)36)23-12-14-24(15-13-23)39-19-20-7-10-22(32)11-8-20/h3-16,18H,2,17,19H2,1H3,(H,33,35,37)/b27-18+. The molecule has 4 amide bonds. The topological polar surface area (TPSA) is 84.9 Å². The van der Waals surface area contributed by atoms with Crippen molar-refractivity contribution in [2.24, 2.45) is 0 Å². The number of urea groups is 1. The van der Waals surface area contributed by atoms with Crippen molar-refractivity contribution in [1.29, 1.82) is 0 Å². The Morgan fingerprint density at radius 3 is 2.36 bits per heavy atom. The Morgan fingerprint density at radius 1 is 0.872 bits per heavy atom. The van der Waals surface area contributed by atoms with Crippen LogP contribution in [0.15, 0.2) is 90.5 Å². The molecule has 0 aliphatic carbocycles. The van der Waals surface area contributed by atoms with Gasteiger partial charge in [0.25, 0.3) is 11.8 Å². The molecule has 0 bridgehead atoms. The molecule has 5 rings (SSSR count). The molecule has 1 aliphatic heterocycles. The zero-order valence-corrected chi connectivity index (χ0v) is 21.9. The Bertz CT molecular complexity index is 1580. The van der Waals surface area contributed by atoms with Crippen LogP contribution in [0.3, 0.4) is 0 Å². The maximum Gasteiger partial charge on any atom is 0.335 e. The highest BCUT2D eigenvalue weighted by Crippen LogP contribution is 2.32. The Hall–Kier alpha value is -4.62. The second-order valence-corrected chi connectivity index (χ2v) is 9.35. The first-order valence-corrected chi connectivity index (χ1v) is 12.9. The van der Waals surface area contributed by atoms with Crippen molar-refractivity contribution >= 4 is 52.0 Å². The molecule has 0 atom stereocenters. The summed E-state index contributed by atoms with van der Waals surface area (Å²) in [4.78, 5) is 40.0. The molecule has 4 aromatic carbocycles. The summed E-state index contributed by atoms with van der Waals surface area (Å²) in [7, 11) is 0. The van der Waals surface area contributed by atoms with Gasteiger partial charge in [0, 0.05) is 10.6 Å². The van der Waals surface area contributed by atoms with Crippen LogP contribution in [0.2, 0.25) is 5.02 Å². The van der Waals surface area contributed by atoms with Crippen molar-refractivity contribution < 1.29 is 23.9 Å². The number of anilines is 1. The number of barbiturate groups is 1. The third-order valence-electron chi connectivity index (χ3n) is 6.20. The fourth-order valence-corrected chi connectivity index (χ4v) is 4.36. The highest BCUT2D eigenvalue weighted by atomic mass is 35.5. The maximum atomic E-state index is 13.5. The molecule has 0 unspecified atom stereocenters. The quantitative estimate of drug-likeness (QED) is 0.203. The fourth-order valence-electron chi connectivity index (χ4n) is 4.24. The fraction of sp³-hybridized carbons (Fsp3) is 0.129. The van der Waals surface area contributed by atoms with Crippen LogP contribution in [0.1, 0.15) is 24.5 Å². The zero-order valence-electron chi connectivity index (χ0n) is 21.1. The van der Waals surface area contributed by atoms with Gasteiger partial charge in [0.1, 0.15) is 23.7 Å². The average Bonchev–Trinajstić information content (AvgIpc) is 2.94. The van der Waals surface area contributed by atoms with Crippen LogP contribution in [-0.4, -0.2) is 24.5 Å². The van der Waals surface area contributed by atoms with E-state index in [1.807, 2.05) is 55.5 Å². The molecule has 1 N–H and O–H groups in total. The third-order valence-corrected chi connectivity index (χ3v) is 6.45. The number of halogens is 1. The van der Waals surface area contributed by atoms with Gasteiger partial charge in [-0.2, -0.15) is 0 Å². The second-order valence-electron chi connectivity index (χ2n) is 8.91. The Morgan fingerprint density at radius 2 is 1.62 bits per heavy atom. The van der Waals surface area contributed by atoms with Gasteiger partial charge in [-0.3, -0.25) is 14.9 Å². The minimum Gasteiger partial charge on any atom is -0.493 e. The lowest BCUT2D eigenvalue weighted by Gasteiger charge is -2.26. The number of carbonyl (C=O) groups is 3. The largest absolute Gasteiger partial charge is 0.493 e. The van der Waals surface area contributed by atoms with E-state index < -0.39 is 17.8 Å². The summed E-state index contributed by atoms with van der Waals surface area (Å²) in [5.41, 5.74) is 1.67. The summed E-state index contributed by atoms with van der Waals surface area (Å²) >= 11 is 5.92. The highest BCUT2D eigenvalue weighted by molar-refractivity contribution is 6.39. The minimum absolute atomic E-state index is 0.171. The van der Waals surface area contributed by atoms with Gasteiger partial charge in [-0.25, -0.2) is 9.69 Å². The summed E-state index contributed by atoms with van der Waals surface area (Å²) in [5, 5.41) is 4.68. The summed E-state index contributed by atoms with van der Waals surface area (Å²) < 4.78 is 11.7. The number of hydrogen-bond donors (Lipinski definition) is 1. The van der Waals surface area contributed by atoms with E-state index in [9.17, 15) is 14.4 Å². The monoisotopic (exact) mass is 540 g/mol. The predicted molar refractivity (Wildman–Crippen MR) is 151 cm³/mol. The number of ether oxygens (including phenoxy) is 2. The van der Waals surface area contributed by atoms with Gasteiger partial charge in [0.2, 0.25) is 0 Å². The number of imide groups is 2. The second kappa shape index (κ2) is 11.4. The Kier molecular flexibility index (Phi) is 7.61. The first-order chi connectivity index (χ1) is 18.9. The predicted octanol–water partition coefficient (Wildman–Crippen LogP) is 6.53. The zero-order chi connectivity index (χ0) is 27.4. The molecule has 8 heteroatoms. The van der Waals surface area contributed by atoms with Crippen molar-refractivity contribution in [2.75, 3.05) is 11.5 Å². The number of nitrogens with zero attached hydrogens (tertiary/aromatic N) is 1. The first kappa shape index (κ1) is 26.0. The molecule has 1 saturated heterocycles. The van der Waals surface area contributed by atoms with E-state index in [4.69, 9.17) is 21.1 Å². The molecule has 1 fully saturated rings. The van der Waals surface area contributed by atoms with Crippen LogP contribution in [0, 0.1) is 0 Å². The molecule has 196 valence electrons. The Labute approximate surface area is 230 Å². The molecule has 1 heterocycles. The molecule has 0 saturated carbocycles. The van der Waals surface area contributed by atoms with Gasteiger partial charge in [-0.15, -0.1) is 0 Å². The van der Waals surface area contributed by atoms with E-state index in [1.54, 1.807) is 36.4 Å². The van der Waals surface area contributed by atoms with Gasteiger partial charge in [-0.05, 0) is 71.3 Å². The van der Waals surface area contributed by atoms with Gasteiger partial charge < -0.3 is 9.47 Å². The molecule has 0 radical (unpaired) electrons. The normalized spacial score (nSPS) is 14.6. The Balaban J connectivity index is 1.43. The van der Waals surface area contributed by atoms with E-state index in [-0.39, 0.29) is 5.57 Å². The lowest BCUT2D eigenvalue weighted by molar-refractivity contribution is -0.122. The maximum absolute atomic E-state index is 13.5. The number of fused-ring (bicyclic) bond motifs is 1. The van der Waals surface area contributed by atoms with Crippen LogP contribution in [0.4, 0.5) is 10.5 Å². The van der Waals surface area contributed by atoms with E-state index in [2.05, 4.69) is 5.32 Å². The van der Waals surface area contributed by atoms with Crippen molar-refractivity contribution in [3.8, 4) is 11.5 Å². The molecular weight excluding hydrogens is 516 g/mol. The van der Waals surface area contributed by atoms with Gasteiger partial charge in [-0.1, -0.05) is 61.0 Å². The van der Waals surface area contributed by atoms with Gasteiger partial charge in [0.15, 0.2) is 0 Å². The van der Waals surface area contributed by atoms with E-state index in [1.165, 1.54) is 6.08 Å². The van der Waals surface area contributed by atoms with Crippen LogP contribution >= 0.6 is 11.6 Å². The van der Waals surface area contributed by atoms with Crippen LogP contribution in [0.25, 0.3) is 16.8 Å². The molecule has 4 aromatic rings. The number of nitrogens with one attached hydrogen (secondary N) is 1. The number of carbonyl (C=O) groups excluding carboxylic acids is 3. The smallest absolute Gasteiger partial charge is 0.335 e. The summed E-state index contributed by atoms with van der Waals surface area (Å²) in [5.74, 6) is -0.389. The van der Waals surface area contributed by atoms with Crippen LogP contribution in [0.5, 0.6) is 11.5 Å². The summed E-state index contributed by atoms with van der Waals surface area (Å²) in [6.07, 6.45) is 2.29. The molecule has 1 aliphatic rings. The number of benzene rings is 4. The van der Waals surface area contributed by atoms with E-state index in [0.29, 0.717) is 41.0 Å². The number of rotatable bonds is 8. The lowest BCUT2D eigenvalue weighted by Crippen LogP contribution is -2.54. The van der Waals surface area contributed by atoms with Crippen molar-refractivity contribution in [1.82, 2.24) is 5.32 Å². The van der Waals surface area contributed by atoms with E-state index >= 15 is 0 Å². The first-order valence-electron chi connectivity index (χ1n) is 12.5. The molecule has 7 nitrogen and oxygen atoms in total. The highest BCUT2D eigenvalue weighted by Gasteiger charge is 2.37. The molecular formula is C31H25ClN2O5. The minimum atomic E-state index is -0.822. The number of amides is 4. The third kappa shape index (κ3) is 5.63. The van der Waals surface area contributed by atoms with Gasteiger partial charge in [0.05, 0.1) is 12.3 Å². The van der Waals surface area contributed by atoms with Crippen LogP contribution < -0.4 is 19.7 Å². The number of hydrogen-bond acceptors (Lipinski definition) is 5. The van der Waals surface area contributed by atoms with Gasteiger partial charge >= 0.3 is 6.03 Å². The van der Waals surface area contributed by atoms with Crippen LogP contribution in [-0.2, 0) is 16.2 Å². The van der Waals surface area contributed by atoms with Crippen molar-refractivity contribution in [2.45, 2.75) is 20.0 Å². The SMILES string of the molecule is CCCOc1ccc2ccccc2c1/C=C1\C(=O)NC(=O)N(c2ccc(OCc3ccc(Cl)cc3)cc2)C1=O. The average molecular weight is 541 g/mol. The molecule has 0 aromatic heterocycles. The summed E-state index contributed by atoms with van der Waals surface area (Å²) in [6.45, 7) is 2.80. The van der Waals surface area contributed by atoms with E-state index in [0.717, 1.165) is 27.7 Å². The summed E-state index contributed by atoms with van der Waals surface area (Å²) in [6, 6.07) is 24.4. The molecule has 39 heavy (non-hydrogen) atoms. The van der Waals surface area contributed by atoms with Crippen molar-refractivity contribution in [3.05, 3.63) is 107 Å². The lowest BCUT2D eigenvalue weighted by atomic mass is 9.99. The molecule has 0 spiro atoms. The van der Waals surface area contributed by atoms with Crippen molar-refractivity contribution in [3.63, 3.8) is 0 Å².